The molecule has 1 atom stereocenters. The standard InChI is InChI=1S/C22H26N4O2/c1-27-20-9-6-10-21(28-2)22(20)18-11-12-25(15-18)16-19-13-23-24-26(19)14-17-7-4-3-5-8-17/h3-10,13,18H,11-12,14-16H2,1-2H3. The molecule has 0 N–H and O–H groups in total. The maximum Gasteiger partial charge on any atom is 0.126 e. The first-order valence-electron chi connectivity index (χ1n) is 9.63. The van der Waals surface area contributed by atoms with Gasteiger partial charge in [0.1, 0.15) is 11.5 Å². The van der Waals surface area contributed by atoms with Gasteiger partial charge in [0, 0.05) is 24.6 Å². The van der Waals surface area contributed by atoms with E-state index in [1.54, 1.807) is 14.2 Å². The molecule has 6 heteroatoms. The van der Waals surface area contributed by atoms with Crippen LogP contribution in [0.5, 0.6) is 11.5 Å². The Morgan fingerprint density at radius 2 is 1.71 bits per heavy atom. The van der Waals surface area contributed by atoms with Gasteiger partial charge in [-0.3, -0.25) is 4.90 Å². The highest BCUT2D eigenvalue weighted by Gasteiger charge is 2.29. The van der Waals surface area contributed by atoms with E-state index < -0.39 is 0 Å². The second-order valence-electron chi connectivity index (χ2n) is 7.17. The summed E-state index contributed by atoms with van der Waals surface area (Å²) in [5.74, 6) is 2.20. The van der Waals surface area contributed by atoms with Crippen molar-refractivity contribution < 1.29 is 9.47 Å². The molecule has 1 aliphatic rings. The predicted octanol–water partition coefficient (Wildman–Crippen LogP) is 3.33. The number of hydrogen-bond donors (Lipinski definition) is 0. The summed E-state index contributed by atoms with van der Waals surface area (Å²) in [5.41, 5.74) is 3.54. The molecule has 1 unspecified atom stereocenters. The smallest absolute Gasteiger partial charge is 0.126 e. The Morgan fingerprint density at radius 3 is 2.43 bits per heavy atom. The van der Waals surface area contributed by atoms with E-state index in [1.165, 1.54) is 11.1 Å². The summed E-state index contributed by atoms with van der Waals surface area (Å²) >= 11 is 0. The summed E-state index contributed by atoms with van der Waals surface area (Å²) in [4.78, 5) is 2.46. The molecule has 0 aliphatic carbocycles. The minimum Gasteiger partial charge on any atom is -0.496 e. The van der Waals surface area contributed by atoms with E-state index in [0.717, 1.165) is 49.8 Å². The van der Waals surface area contributed by atoms with Crippen LogP contribution in [0.4, 0.5) is 0 Å². The first-order chi connectivity index (χ1) is 13.8. The SMILES string of the molecule is COc1cccc(OC)c1C1CCN(Cc2cnnn2Cc2ccccc2)C1. The highest BCUT2D eigenvalue weighted by Crippen LogP contribution is 2.40. The third-order valence-corrected chi connectivity index (χ3v) is 5.41. The molecular weight excluding hydrogens is 352 g/mol. The van der Waals surface area contributed by atoms with Gasteiger partial charge < -0.3 is 9.47 Å². The molecule has 3 aromatic rings. The zero-order valence-electron chi connectivity index (χ0n) is 16.4. The van der Waals surface area contributed by atoms with Gasteiger partial charge in [-0.25, -0.2) is 4.68 Å². The molecular formula is C22H26N4O2. The minimum atomic E-state index is 0.393. The third-order valence-electron chi connectivity index (χ3n) is 5.41. The van der Waals surface area contributed by atoms with Crippen molar-refractivity contribution in [2.75, 3.05) is 27.3 Å². The second-order valence-corrected chi connectivity index (χ2v) is 7.17. The maximum absolute atomic E-state index is 5.60. The monoisotopic (exact) mass is 378 g/mol. The van der Waals surface area contributed by atoms with E-state index in [1.807, 2.05) is 35.1 Å². The van der Waals surface area contributed by atoms with Crippen molar-refractivity contribution >= 4 is 0 Å². The Balaban J connectivity index is 1.46. The molecule has 6 nitrogen and oxygen atoms in total. The molecule has 1 saturated heterocycles. The largest absolute Gasteiger partial charge is 0.496 e. The molecule has 1 aliphatic heterocycles. The Bertz CT molecular complexity index is 888. The van der Waals surface area contributed by atoms with E-state index in [0.29, 0.717) is 5.92 Å². The van der Waals surface area contributed by atoms with Gasteiger partial charge in [0.25, 0.3) is 0 Å². The second kappa shape index (κ2) is 8.44. The molecule has 1 fully saturated rings. The molecule has 2 aromatic carbocycles. The van der Waals surface area contributed by atoms with Gasteiger partial charge in [-0.1, -0.05) is 41.6 Å². The molecule has 146 valence electrons. The number of aromatic nitrogens is 3. The van der Waals surface area contributed by atoms with E-state index in [4.69, 9.17) is 9.47 Å². The molecule has 0 spiro atoms. The highest BCUT2D eigenvalue weighted by molar-refractivity contribution is 5.47. The van der Waals surface area contributed by atoms with Gasteiger partial charge in [0.2, 0.25) is 0 Å². The van der Waals surface area contributed by atoms with Crippen LogP contribution in [0.15, 0.2) is 54.7 Å². The molecule has 28 heavy (non-hydrogen) atoms. The quantitative estimate of drug-likeness (QED) is 0.631. The molecule has 1 aromatic heterocycles. The van der Waals surface area contributed by atoms with Crippen LogP contribution in [0.25, 0.3) is 0 Å². The number of benzene rings is 2. The minimum absolute atomic E-state index is 0.393. The number of methoxy groups -OCH3 is 2. The van der Waals surface area contributed by atoms with Gasteiger partial charge in [-0.05, 0) is 30.7 Å². The summed E-state index contributed by atoms with van der Waals surface area (Å²) in [6.07, 6.45) is 2.96. The fourth-order valence-electron chi connectivity index (χ4n) is 4.01. The fraction of sp³-hybridized carbons (Fsp3) is 0.364. The van der Waals surface area contributed by atoms with E-state index in [-0.39, 0.29) is 0 Å². The van der Waals surface area contributed by atoms with Crippen molar-refractivity contribution in [3.05, 3.63) is 71.5 Å². The number of ether oxygens (including phenoxy) is 2. The Hall–Kier alpha value is -2.86. The van der Waals surface area contributed by atoms with Crippen molar-refractivity contribution in [3.8, 4) is 11.5 Å². The summed E-state index contributed by atoms with van der Waals surface area (Å²) < 4.78 is 13.2. The van der Waals surface area contributed by atoms with Crippen LogP contribution in [0.3, 0.4) is 0 Å². The first-order valence-corrected chi connectivity index (χ1v) is 9.63. The third kappa shape index (κ3) is 3.87. The average molecular weight is 378 g/mol. The van der Waals surface area contributed by atoms with E-state index >= 15 is 0 Å². The van der Waals surface area contributed by atoms with Crippen LogP contribution in [0.2, 0.25) is 0 Å². The van der Waals surface area contributed by atoms with Crippen LogP contribution in [-0.4, -0.2) is 47.2 Å². The lowest BCUT2D eigenvalue weighted by molar-refractivity contribution is 0.312. The highest BCUT2D eigenvalue weighted by atomic mass is 16.5. The van der Waals surface area contributed by atoms with Gasteiger partial charge in [-0.15, -0.1) is 5.10 Å². The fourth-order valence-corrected chi connectivity index (χ4v) is 4.01. The van der Waals surface area contributed by atoms with Crippen LogP contribution in [0, 0.1) is 0 Å². The molecule has 0 saturated carbocycles. The van der Waals surface area contributed by atoms with Crippen molar-refractivity contribution in [1.82, 2.24) is 19.9 Å². The predicted molar refractivity (Wildman–Crippen MR) is 108 cm³/mol. The zero-order chi connectivity index (χ0) is 19.3. The maximum atomic E-state index is 5.60. The Labute approximate surface area is 165 Å². The van der Waals surface area contributed by atoms with Crippen molar-refractivity contribution in [3.63, 3.8) is 0 Å². The van der Waals surface area contributed by atoms with Crippen LogP contribution in [0.1, 0.15) is 29.2 Å². The summed E-state index contributed by atoms with van der Waals surface area (Å²) in [6.45, 7) is 3.58. The lowest BCUT2D eigenvalue weighted by atomic mass is 9.96. The lowest BCUT2D eigenvalue weighted by Gasteiger charge is -2.20. The van der Waals surface area contributed by atoms with Gasteiger partial charge >= 0.3 is 0 Å². The number of hydrogen-bond acceptors (Lipinski definition) is 5. The molecule has 4 rings (SSSR count). The van der Waals surface area contributed by atoms with Crippen LogP contribution >= 0.6 is 0 Å². The van der Waals surface area contributed by atoms with Gasteiger partial charge in [0.05, 0.1) is 32.7 Å². The summed E-state index contributed by atoms with van der Waals surface area (Å²) in [5, 5.41) is 8.42. The molecule has 2 heterocycles. The Morgan fingerprint density at radius 1 is 0.964 bits per heavy atom. The van der Waals surface area contributed by atoms with Crippen molar-refractivity contribution in [1.29, 1.82) is 0 Å². The molecule has 0 amide bonds. The summed E-state index contributed by atoms with van der Waals surface area (Å²) in [6, 6.07) is 16.4. The van der Waals surface area contributed by atoms with Crippen molar-refractivity contribution in [2.24, 2.45) is 0 Å². The van der Waals surface area contributed by atoms with Crippen molar-refractivity contribution in [2.45, 2.75) is 25.4 Å². The van der Waals surface area contributed by atoms with E-state index in [2.05, 4.69) is 39.5 Å². The number of likely N-dealkylation sites (tertiary alicyclic amines) is 1. The number of rotatable bonds is 7. The van der Waals surface area contributed by atoms with Crippen LogP contribution in [-0.2, 0) is 13.1 Å². The average Bonchev–Trinajstić information content (AvgIpc) is 3.38. The molecule has 0 bridgehead atoms. The summed E-state index contributed by atoms with van der Waals surface area (Å²) in [7, 11) is 3.44. The number of nitrogens with zero attached hydrogens (tertiary/aromatic N) is 4. The first kappa shape index (κ1) is 18.5. The van der Waals surface area contributed by atoms with Gasteiger partial charge in [0.15, 0.2) is 0 Å². The Kier molecular flexibility index (Phi) is 5.58. The topological polar surface area (TPSA) is 52.4 Å². The molecule has 0 radical (unpaired) electrons. The van der Waals surface area contributed by atoms with E-state index in [9.17, 15) is 0 Å². The zero-order valence-corrected chi connectivity index (χ0v) is 16.4. The normalized spacial score (nSPS) is 17.0. The lowest BCUT2D eigenvalue weighted by Crippen LogP contribution is -2.22. The van der Waals surface area contributed by atoms with Gasteiger partial charge in [-0.2, -0.15) is 0 Å². The van der Waals surface area contributed by atoms with Crippen LogP contribution < -0.4 is 9.47 Å².